The molecule has 2 aliphatic rings. The summed E-state index contributed by atoms with van der Waals surface area (Å²) in [5.41, 5.74) is 1.81. The van der Waals surface area contributed by atoms with Gasteiger partial charge in [0.05, 0.1) is 43.9 Å². The molecule has 25 heteroatoms. The zero-order valence-electron chi connectivity index (χ0n) is 40.0. The van der Waals surface area contributed by atoms with Gasteiger partial charge in [-0.1, -0.05) is 72.2 Å². The molecule has 0 spiro atoms. The van der Waals surface area contributed by atoms with Crippen molar-refractivity contribution in [2.45, 2.75) is 61.9 Å². The number of aromatic nitrogens is 4. The first-order valence-corrected chi connectivity index (χ1v) is 26.6. The zero-order valence-corrected chi connectivity index (χ0v) is 43.9. The maximum Gasteiger partial charge on any atom is 0.439 e. The van der Waals surface area contributed by atoms with E-state index in [4.69, 9.17) is 16.3 Å². The maximum atomic E-state index is 13.8. The lowest BCUT2D eigenvalue weighted by atomic mass is 9.81. The molecule has 0 radical (unpaired) electrons. The average Bonchev–Trinajstić information content (AvgIpc) is 4.03. The van der Waals surface area contributed by atoms with Crippen molar-refractivity contribution in [3.8, 4) is 50.8 Å². The normalized spacial score (nSPS) is 15.3. The Morgan fingerprint density at radius 3 is 1.54 bits per heavy atom. The molecule has 6 aromatic carbocycles. The number of sulfonamides is 2. The van der Waals surface area contributed by atoms with Crippen LogP contribution in [0.4, 0.5) is 37.7 Å². The van der Waals surface area contributed by atoms with Crippen LogP contribution in [0.25, 0.3) is 45.0 Å². The standard InChI is InChI=1S/C26H21BrF3N3O4S.C25H19ClF3N3O5S/c1-25(2)13-17-11-16(15-3-6-18(7-4-15)26(28,29)30)5-10-22(17)33(14-25)38(35,36)19-8-9-20(21(27)12-19)23-31-24(34)37-32-23;1-24(2)13-32(38(34,35)17-8-9-18(19(26)12-17)22-30-23(33)37-31-22)20-10-5-15(11-21(20)36-24)14-3-6-16(7-4-14)25(27,28)29/h3-12H,13-14H2,1-2H3,(H,31,32,34);3-12H,13H2,1-2H3,(H,30,31,33). The number of fused-ring (bicyclic) bond motifs is 2. The van der Waals surface area contributed by atoms with Gasteiger partial charge in [-0.2, -0.15) is 26.3 Å². The highest BCUT2D eigenvalue weighted by molar-refractivity contribution is 9.10. The summed E-state index contributed by atoms with van der Waals surface area (Å²) < 4.78 is 151. The number of aromatic amines is 2. The molecule has 10 rings (SSSR count). The van der Waals surface area contributed by atoms with Gasteiger partial charge in [0.1, 0.15) is 11.4 Å². The van der Waals surface area contributed by atoms with E-state index in [1.165, 1.54) is 69.3 Å². The van der Waals surface area contributed by atoms with Gasteiger partial charge in [-0.15, -0.1) is 0 Å². The topological polar surface area (TPSA) is 202 Å². The Hall–Kier alpha value is -7.15. The lowest BCUT2D eigenvalue weighted by Gasteiger charge is -2.40. The highest BCUT2D eigenvalue weighted by Gasteiger charge is 2.40. The van der Waals surface area contributed by atoms with Gasteiger partial charge in [0, 0.05) is 22.1 Å². The molecule has 0 aliphatic carbocycles. The van der Waals surface area contributed by atoms with Crippen molar-refractivity contribution in [3.05, 3.63) is 169 Å². The summed E-state index contributed by atoms with van der Waals surface area (Å²) in [6.07, 6.45) is -8.29. The predicted octanol–water partition coefficient (Wildman–Crippen LogP) is 12.0. The van der Waals surface area contributed by atoms with E-state index in [0.29, 0.717) is 44.4 Å². The molecule has 0 fully saturated rings. The summed E-state index contributed by atoms with van der Waals surface area (Å²) in [5, 5.41) is 7.24. The van der Waals surface area contributed by atoms with Crippen molar-refractivity contribution < 1.29 is 57.0 Å². The molecule has 76 heavy (non-hydrogen) atoms. The number of benzene rings is 6. The van der Waals surface area contributed by atoms with Crippen LogP contribution in [0.5, 0.6) is 5.75 Å². The minimum Gasteiger partial charge on any atom is -0.484 e. The van der Waals surface area contributed by atoms with E-state index >= 15 is 0 Å². The largest absolute Gasteiger partial charge is 0.484 e. The Morgan fingerprint density at radius 2 is 1.05 bits per heavy atom. The fourth-order valence-corrected chi connectivity index (χ4v) is 13.1. The van der Waals surface area contributed by atoms with Crippen molar-refractivity contribution >= 4 is 59.0 Å². The molecule has 2 aliphatic heterocycles. The van der Waals surface area contributed by atoms with Crippen LogP contribution >= 0.6 is 27.5 Å². The monoisotopic (exact) mass is 1170 g/mol. The molecule has 0 saturated heterocycles. The van der Waals surface area contributed by atoms with E-state index in [1.54, 1.807) is 44.2 Å². The van der Waals surface area contributed by atoms with Crippen LogP contribution in [0.1, 0.15) is 44.4 Å². The molecule has 396 valence electrons. The molecule has 0 unspecified atom stereocenters. The lowest BCUT2D eigenvalue weighted by molar-refractivity contribution is -0.138. The zero-order chi connectivity index (χ0) is 54.9. The molecule has 15 nitrogen and oxygen atoms in total. The number of nitrogens with one attached hydrogen (secondary N) is 2. The van der Waals surface area contributed by atoms with Gasteiger partial charge < -0.3 is 4.74 Å². The van der Waals surface area contributed by atoms with Crippen LogP contribution in [0.2, 0.25) is 5.02 Å². The highest BCUT2D eigenvalue weighted by Crippen LogP contribution is 2.45. The van der Waals surface area contributed by atoms with E-state index < -0.39 is 66.1 Å². The first-order valence-electron chi connectivity index (χ1n) is 22.6. The van der Waals surface area contributed by atoms with Crippen LogP contribution in [-0.2, 0) is 38.8 Å². The van der Waals surface area contributed by atoms with E-state index in [0.717, 1.165) is 29.8 Å². The number of rotatable bonds is 8. The van der Waals surface area contributed by atoms with Crippen LogP contribution in [0.15, 0.2) is 154 Å². The second-order valence-electron chi connectivity index (χ2n) is 19.1. The van der Waals surface area contributed by atoms with Crippen LogP contribution in [0, 0.1) is 5.41 Å². The maximum absolute atomic E-state index is 13.8. The second-order valence-corrected chi connectivity index (χ2v) is 24.1. The number of halogens is 8. The third-order valence-corrected chi connectivity index (χ3v) is 16.7. The van der Waals surface area contributed by atoms with Crippen molar-refractivity contribution in [3.63, 3.8) is 0 Å². The Bertz CT molecular complexity index is 3650. The van der Waals surface area contributed by atoms with Crippen molar-refractivity contribution in [1.29, 1.82) is 0 Å². The summed E-state index contributed by atoms with van der Waals surface area (Å²) >= 11 is 9.68. The summed E-state index contributed by atoms with van der Waals surface area (Å²) in [6, 6.07) is 27.9. The lowest BCUT2D eigenvalue weighted by Crippen LogP contribution is -2.49. The third-order valence-electron chi connectivity index (χ3n) is 12.3. The van der Waals surface area contributed by atoms with Gasteiger partial charge in [-0.3, -0.25) is 27.6 Å². The molecule has 2 aromatic heterocycles. The molecule has 0 amide bonds. The number of H-pyrrole nitrogens is 2. The van der Waals surface area contributed by atoms with E-state index in [2.05, 4.69) is 45.3 Å². The molecular formula is C51H40BrClF6N6O9S2. The van der Waals surface area contributed by atoms with Gasteiger partial charge in [0.25, 0.3) is 20.0 Å². The van der Waals surface area contributed by atoms with Gasteiger partial charge in [0.15, 0.2) is 11.6 Å². The first kappa shape index (κ1) is 53.7. The predicted molar refractivity (Wildman–Crippen MR) is 273 cm³/mol. The van der Waals surface area contributed by atoms with Gasteiger partial charge in [0.2, 0.25) is 0 Å². The van der Waals surface area contributed by atoms with E-state index in [1.807, 2.05) is 19.9 Å². The van der Waals surface area contributed by atoms with Crippen molar-refractivity contribution in [1.82, 2.24) is 20.3 Å². The van der Waals surface area contributed by atoms with Crippen molar-refractivity contribution in [2.24, 2.45) is 5.41 Å². The Morgan fingerprint density at radius 1 is 0.592 bits per heavy atom. The second kappa shape index (κ2) is 19.5. The summed E-state index contributed by atoms with van der Waals surface area (Å²) in [7, 11) is -8.13. The van der Waals surface area contributed by atoms with Crippen molar-refractivity contribution in [2.75, 3.05) is 21.7 Å². The molecule has 8 aromatic rings. The van der Waals surface area contributed by atoms with Crippen LogP contribution in [0.3, 0.4) is 0 Å². The van der Waals surface area contributed by atoms with Crippen LogP contribution < -0.4 is 24.9 Å². The fraction of sp³-hybridized carbons (Fsp3) is 0.216. The van der Waals surface area contributed by atoms with E-state index in [9.17, 15) is 52.8 Å². The molecular weight excluding hydrogens is 1130 g/mol. The number of hydrogen-bond donors (Lipinski definition) is 2. The Balaban J connectivity index is 0.000000186. The van der Waals surface area contributed by atoms with Gasteiger partial charge in [-0.25, -0.2) is 26.4 Å². The quantitative estimate of drug-likeness (QED) is 0.137. The number of ether oxygens (including phenoxy) is 1. The first-order chi connectivity index (χ1) is 35.5. The molecule has 0 saturated carbocycles. The summed E-state index contributed by atoms with van der Waals surface area (Å²) in [4.78, 5) is 27.3. The number of hydrogen-bond acceptors (Lipinski definition) is 11. The summed E-state index contributed by atoms with van der Waals surface area (Å²) in [5.74, 6) is -1.05. The number of nitrogens with zero attached hydrogens (tertiary/aromatic N) is 4. The van der Waals surface area contributed by atoms with E-state index in [-0.39, 0.29) is 56.6 Å². The molecule has 0 atom stereocenters. The number of alkyl halides is 6. The minimum absolute atomic E-state index is 0.0159. The smallest absolute Gasteiger partial charge is 0.439 e. The fourth-order valence-electron chi connectivity index (χ4n) is 8.71. The van der Waals surface area contributed by atoms with Crippen LogP contribution in [-0.4, -0.2) is 55.8 Å². The summed E-state index contributed by atoms with van der Waals surface area (Å²) in [6.45, 7) is 7.59. The molecule has 0 bridgehead atoms. The van der Waals surface area contributed by atoms with Gasteiger partial charge in [-0.05, 0) is 154 Å². The molecule has 4 heterocycles. The molecule has 2 N–H and O–H groups in total. The third kappa shape index (κ3) is 10.9. The van der Waals surface area contributed by atoms with Gasteiger partial charge >= 0.3 is 23.9 Å². The average molecular weight is 1170 g/mol. The highest BCUT2D eigenvalue weighted by atomic mass is 79.9. The Kier molecular flexibility index (Phi) is 13.7. The SMILES string of the molecule is CC1(C)CN(S(=O)(=O)c2ccc(-c3noc(=O)[nH]3)c(Cl)c2)c2ccc(-c3ccc(C(F)(F)F)cc3)cc2O1.CC1(C)Cc2cc(-c3ccc(C(F)(F)F)cc3)ccc2N(S(=O)(=O)c2ccc(-c3noc(=O)[nH]3)c(Br)c2)C1. The number of anilines is 2. The minimum atomic E-state index is -4.45. The Labute approximate surface area is 442 Å².